The molecule has 1 aliphatic carbocycles. The van der Waals surface area contributed by atoms with Gasteiger partial charge in [-0.3, -0.25) is 9.10 Å². The Morgan fingerprint density at radius 3 is 2.44 bits per heavy atom. The summed E-state index contributed by atoms with van der Waals surface area (Å²) in [5, 5.41) is 13.4. The highest BCUT2D eigenvalue weighted by molar-refractivity contribution is 7.92. The topological polar surface area (TPSA) is 109 Å². The average molecular weight is 580 g/mol. The summed E-state index contributed by atoms with van der Waals surface area (Å²) < 4.78 is 67.0. The van der Waals surface area contributed by atoms with Crippen LogP contribution in [0.15, 0.2) is 59.0 Å². The zero-order valence-electron chi connectivity index (χ0n) is 22.4. The van der Waals surface area contributed by atoms with E-state index in [2.05, 4.69) is 5.32 Å². The minimum Gasteiger partial charge on any atom is -0.455 e. The molecule has 4 aromatic rings. The van der Waals surface area contributed by atoms with Crippen LogP contribution in [0.3, 0.4) is 0 Å². The summed E-state index contributed by atoms with van der Waals surface area (Å²) >= 11 is 0. The van der Waals surface area contributed by atoms with Crippen LogP contribution < -0.4 is 15.1 Å². The lowest BCUT2D eigenvalue weighted by Crippen LogP contribution is -2.32. The molecule has 2 N–H and O–H groups in total. The molecule has 8 nitrogen and oxygen atoms in total. The number of nitrogens with one attached hydrogen (secondary N) is 1. The molecule has 0 saturated heterocycles. The molecule has 0 radical (unpaired) electrons. The first-order chi connectivity index (χ1) is 19.5. The summed E-state index contributed by atoms with van der Waals surface area (Å²) in [6.07, 6.45) is 2.28. The van der Waals surface area contributed by atoms with Gasteiger partial charge < -0.3 is 19.4 Å². The second-order valence-electron chi connectivity index (χ2n) is 10.4. The minimum atomic E-state index is -3.81. The van der Waals surface area contributed by atoms with E-state index in [0.29, 0.717) is 33.2 Å². The van der Waals surface area contributed by atoms with Crippen LogP contribution in [0.1, 0.15) is 52.8 Å². The Kier molecular flexibility index (Phi) is 6.87. The molecule has 1 aliphatic heterocycles. The molecule has 6 rings (SSSR count). The monoisotopic (exact) mass is 580 g/mol. The van der Waals surface area contributed by atoms with Gasteiger partial charge in [0, 0.05) is 30.6 Å². The van der Waals surface area contributed by atoms with Crippen molar-refractivity contribution in [2.24, 2.45) is 0 Å². The van der Waals surface area contributed by atoms with Crippen molar-refractivity contribution in [3.8, 4) is 11.3 Å². The van der Waals surface area contributed by atoms with E-state index in [1.54, 1.807) is 6.07 Å². The van der Waals surface area contributed by atoms with Gasteiger partial charge in [-0.25, -0.2) is 17.2 Å². The van der Waals surface area contributed by atoms with E-state index in [-0.39, 0.29) is 36.1 Å². The minimum absolute atomic E-state index is 0.00870. The Morgan fingerprint density at radius 1 is 1.07 bits per heavy atom. The van der Waals surface area contributed by atoms with Crippen LogP contribution in [-0.2, 0) is 14.7 Å². The molecule has 1 amide bonds. The summed E-state index contributed by atoms with van der Waals surface area (Å²) in [4.78, 5) is 13.0. The van der Waals surface area contributed by atoms with Crippen molar-refractivity contribution in [3.63, 3.8) is 0 Å². The van der Waals surface area contributed by atoms with E-state index in [1.165, 1.54) is 53.8 Å². The molecule has 2 heterocycles. The van der Waals surface area contributed by atoms with Gasteiger partial charge in [0.15, 0.2) is 0 Å². The van der Waals surface area contributed by atoms with Gasteiger partial charge in [-0.2, -0.15) is 0 Å². The van der Waals surface area contributed by atoms with Crippen molar-refractivity contribution in [2.75, 3.05) is 24.2 Å². The third-order valence-electron chi connectivity index (χ3n) is 7.63. The van der Waals surface area contributed by atoms with E-state index < -0.39 is 34.9 Å². The summed E-state index contributed by atoms with van der Waals surface area (Å²) in [6.45, 7) is -0.00870. The fourth-order valence-electron chi connectivity index (χ4n) is 5.52. The van der Waals surface area contributed by atoms with Crippen molar-refractivity contribution in [2.45, 2.75) is 31.3 Å². The Labute approximate surface area is 236 Å². The van der Waals surface area contributed by atoms with Crippen molar-refractivity contribution < 1.29 is 36.1 Å². The smallest absolute Gasteiger partial charge is 0.455 e. The van der Waals surface area contributed by atoms with Gasteiger partial charge in [0.25, 0.3) is 5.91 Å². The highest BCUT2D eigenvalue weighted by atomic mass is 32.2. The quantitative estimate of drug-likeness (QED) is 0.302. The second-order valence-corrected chi connectivity index (χ2v) is 12.4. The number of fused-ring (bicyclic) bond motifs is 2. The number of rotatable bonds is 8. The number of carbonyl (C=O) groups excluding carboxylic acids is 1. The third kappa shape index (κ3) is 5.11. The van der Waals surface area contributed by atoms with E-state index in [1.807, 2.05) is 6.07 Å². The molecule has 212 valence electrons. The van der Waals surface area contributed by atoms with Crippen molar-refractivity contribution in [1.29, 1.82) is 0 Å². The molecule has 41 heavy (non-hydrogen) atoms. The van der Waals surface area contributed by atoms with Gasteiger partial charge >= 0.3 is 7.12 Å². The van der Waals surface area contributed by atoms with Gasteiger partial charge in [-0.1, -0.05) is 6.07 Å². The van der Waals surface area contributed by atoms with Crippen molar-refractivity contribution in [1.82, 2.24) is 5.32 Å². The van der Waals surface area contributed by atoms with Gasteiger partial charge in [-0.05, 0) is 84.2 Å². The molecule has 1 atom stereocenters. The van der Waals surface area contributed by atoms with E-state index in [4.69, 9.17) is 9.07 Å². The van der Waals surface area contributed by atoms with Gasteiger partial charge in [-0.15, -0.1) is 0 Å². The Balaban J connectivity index is 1.44. The maximum atomic E-state index is 14.0. The van der Waals surface area contributed by atoms with Crippen molar-refractivity contribution in [3.05, 3.63) is 82.9 Å². The number of carbonyl (C=O) groups is 1. The molecule has 1 fully saturated rings. The van der Waals surface area contributed by atoms with Gasteiger partial charge in [0.05, 0.1) is 23.6 Å². The number of hydrogen-bond acceptors (Lipinski definition) is 6. The lowest BCUT2D eigenvalue weighted by atomic mass is 9.79. The zero-order chi connectivity index (χ0) is 29.1. The first-order valence-electron chi connectivity index (χ1n) is 13.2. The number of nitrogens with zero attached hydrogens (tertiary/aromatic N) is 1. The first-order valence-corrected chi connectivity index (χ1v) is 15.1. The largest absolute Gasteiger partial charge is 0.491 e. The molecular weight excluding hydrogens is 553 g/mol. The number of sulfonamides is 1. The molecule has 3 aromatic carbocycles. The SMILES string of the molecule is CNC(=O)c1c(-c2ccc(F)cc2)oc2cc(N(CCC3OB(O)c4ccc(F)cc43)S(C)(=O)=O)c(C3CC3)cc12. The van der Waals surface area contributed by atoms with Crippen LogP contribution in [-0.4, -0.2) is 46.3 Å². The summed E-state index contributed by atoms with van der Waals surface area (Å²) in [6, 6.07) is 13.0. The predicted octanol–water partition coefficient (Wildman–Crippen LogP) is 4.23. The first kappa shape index (κ1) is 27.4. The second kappa shape index (κ2) is 10.3. The highest BCUT2D eigenvalue weighted by Crippen LogP contribution is 2.48. The van der Waals surface area contributed by atoms with Crippen molar-refractivity contribution >= 4 is 45.2 Å². The number of benzene rings is 3. The number of hydrogen-bond donors (Lipinski definition) is 2. The molecule has 0 spiro atoms. The lowest BCUT2D eigenvalue weighted by Gasteiger charge is -2.26. The number of halogens is 2. The summed E-state index contributed by atoms with van der Waals surface area (Å²) in [5.41, 5.74) is 3.19. The Morgan fingerprint density at radius 2 is 1.78 bits per heavy atom. The third-order valence-corrected chi connectivity index (χ3v) is 8.81. The van der Waals surface area contributed by atoms with Crippen LogP contribution in [0.2, 0.25) is 0 Å². The lowest BCUT2D eigenvalue weighted by molar-refractivity contribution is 0.0964. The van der Waals surface area contributed by atoms with Crippen LogP contribution in [0.4, 0.5) is 14.5 Å². The van der Waals surface area contributed by atoms with E-state index >= 15 is 0 Å². The van der Waals surface area contributed by atoms with Gasteiger partial charge in [0.1, 0.15) is 23.0 Å². The maximum absolute atomic E-state index is 14.0. The molecule has 1 saturated carbocycles. The number of amides is 1. The zero-order valence-corrected chi connectivity index (χ0v) is 23.2. The molecule has 1 aromatic heterocycles. The highest BCUT2D eigenvalue weighted by Gasteiger charge is 2.37. The standard InChI is InChI=1S/C29H27BF2N2O6S/c1-33-29(35)27-22-14-20(16-3-4-16)24(15-26(22)39-28(27)17-5-7-18(31)8-6-17)34(41(2,37)38)12-11-25-21-13-19(32)9-10-23(21)30(36)40-25/h5-10,13-16,25,36H,3-4,11-12H2,1-2H3,(H,33,35). The Hall–Kier alpha value is -3.74. The van der Waals surface area contributed by atoms with Crippen LogP contribution in [0.25, 0.3) is 22.3 Å². The predicted molar refractivity (Wildman–Crippen MR) is 152 cm³/mol. The number of furan rings is 1. The van der Waals surface area contributed by atoms with Crippen LogP contribution in [0.5, 0.6) is 0 Å². The Bertz CT molecular complexity index is 1770. The molecule has 2 aliphatic rings. The molecule has 12 heteroatoms. The molecule has 0 bridgehead atoms. The van der Waals surface area contributed by atoms with Crippen LogP contribution in [0, 0.1) is 11.6 Å². The molecular formula is C29H27BF2N2O6S. The van der Waals surface area contributed by atoms with Gasteiger partial charge in [0.2, 0.25) is 10.0 Å². The maximum Gasteiger partial charge on any atom is 0.491 e. The van der Waals surface area contributed by atoms with E-state index in [0.717, 1.165) is 24.7 Å². The summed E-state index contributed by atoms with van der Waals surface area (Å²) in [7, 11) is -3.53. The number of anilines is 1. The normalized spacial score (nSPS) is 16.7. The average Bonchev–Trinajstić information content (AvgIpc) is 3.64. The summed E-state index contributed by atoms with van der Waals surface area (Å²) in [5.74, 6) is -0.955. The fourth-order valence-corrected chi connectivity index (χ4v) is 6.47. The molecule has 1 unspecified atom stereocenters. The van der Waals surface area contributed by atoms with Crippen LogP contribution >= 0.6 is 0 Å². The van der Waals surface area contributed by atoms with E-state index in [9.17, 15) is 27.0 Å². The fraction of sp³-hybridized carbons (Fsp3) is 0.276.